The number of amides is 3. The highest BCUT2D eigenvalue weighted by Crippen LogP contribution is 2.17. The first-order valence-corrected chi connectivity index (χ1v) is 18.1. The molecule has 278 valence electrons. The Hall–Kier alpha value is -5.16. The molecule has 11 heteroatoms. The average molecular weight is 714 g/mol. The summed E-state index contributed by atoms with van der Waals surface area (Å²) >= 11 is 0. The van der Waals surface area contributed by atoms with Gasteiger partial charge in [-0.25, -0.2) is 4.79 Å². The molecule has 3 amide bonds. The number of cyclic esters (lactones) is 1. The lowest BCUT2D eigenvalue weighted by Gasteiger charge is -2.23. The van der Waals surface area contributed by atoms with Crippen molar-refractivity contribution in [3.63, 3.8) is 0 Å². The van der Waals surface area contributed by atoms with Gasteiger partial charge in [0, 0.05) is 19.4 Å². The molecule has 0 radical (unpaired) electrons. The van der Waals surface area contributed by atoms with Crippen LogP contribution in [0.15, 0.2) is 97.1 Å². The molecule has 0 saturated carbocycles. The number of aliphatic hydroxyl groups excluding tert-OH is 1. The zero-order valence-electron chi connectivity index (χ0n) is 29.7. The molecule has 1 heterocycles. The molecule has 0 aliphatic carbocycles. The van der Waals surface area contributed by atoms with Crippen molar-refractivity contribution < 1.29 is 38.5 Å². The smallest absolute Gasteiger partial charge is 0.407 e. The Balaban J connectivity index is 1.25. The van der Waals surface area contributed by atoms with Crippen LogP contribution in [0.5, 0.6) is 5.75 Å². The van der Waals surface area contributed by atoms with E-state index in [2.05, 4.69) is 16.0 Å². The summed E-state index contributed by atoms with van der Waals surface area (Å²) in [5, 5.41) is 18.7. The first kappa shape index (κ1) is 39.6. The highest BCUT2D eigenvalue weighted by molar-refractivity contribution is 5.86. The number of esters is 1. The summed E-state index contributed by atoms with van der Waals surface area (Å²) in [5.74, 6) is -0.910. The number of nitrogens with one attached hydrogen (secondary N) is 3. The van der Waals surface area contributed by atoms with E-state index in [0.29, 0.717) is 58.1 Å². The molecule has 3 atom stereocenters. The molecule has 52 heavy (non-hydrogen) atoms. The topological polar surface area (TPSA) is 152 Å². The highest BCUT2D eigenvalue weighted by atomic mass is 16.5. The summed E-state index contributed by atoms with van der Waals surface area (Å²) in [4.78, 5) is 51.1. The second-order valence-electron chi connectivity index (χ2n) is 12.9. The van der Waals surface area contributed by atoms with Gasteiger partial charge in [-0.15, -0.1) is 0 Å². The van der Waals surface area contributed by atoms with E-state index >= 15 is 0 Å². The van der Waals surface area contributed by atoms with Crippen molar-refractivity contribution >= 4 is 23.9 Å². The second kappa shape index (κ2) is 22.6. The third kappa shape index (κ3) is 15.4. The van der Waals surface area contributed by atoms with Crippen LogP contribution in [0.2, 0.25) is 0 Å². The van der Waals surface area contributed by atoms with Crippen LogP contribution in [-0.4, -0.2) is 60.8 Å². The average Bonchev–Trinajstić information content (AvgIpc) is 3.17. The predicted octanol–water partition coefficient (Wildman–Crippen LogP) is 5.55. The van der Waals surface area contributed by atoms with Crippen molar-refractivity contribution in [2.24, 2.45) is 5.92 Å². The minimum atomic E-state index is -0.656. The minimum Gasteiger partial charge on any atom is -0.489 e. The number of aliphatic hydroxyl groups is 1. The van der Waals surface area contributed by atoms with E-state index in [1.54, 1.807) is 0 Å². The summed E-state index contributed by atoms with van der Waals surface area (Å²) < 4.78 is 16.6. The van der Waals surface area contributed by atoms with Gasteiger partial charge in [0.15, 0.2) is 0 Å². The van der Waals surface area contributed by atoms with Gasteiger partial charge >= 0.3 is 12.1 Å². The summed E-state index contributed by atoms with van der Waals surface area (Å²) in [6, 6.07) is 25.8. The number of rotatable bonds is 16. The Labute approximate surface area is 306 Å². The molecular weight excluding hydrogens is 662 g/mol. The SMILES string of the molecule is O=C(C[C@H]1CC=CCCCC(=O)OC[C@H](CCCCNC(=O)OCc2ccccc2)NC1=O)N[C@H](CO)Cc1ccc(OCc2ccccc2)cc1. The Kier molecular flexibility index (Phi) is 17.2. The van der Waals surface area contributed by atoms with E-state index < -0.39 is 24.1 Å². The van der Waals surface area contributed by atoms with E-state index in [1.807, 2.05) is 97.1 Å². The van der Waals surface area contributed by atoms with Crippen LogP contribution in [0.4, 0.5) is 4.79 Å². The lowest BCUT2D eigenvalue weighted by molar-refractivity contribution is -0.145. The van der Waals surface area contributed by atoms with Gasteiger partial charge in [-0.3, -0.25) is 14.4 Å². The molecule has 4 N–H and O–H groups in total. The van der Waals surface area contributed by atoms with E-state index in [1.165, 1.54) is 0 Å². The number of benzene rings is 3. The van der Waals surface area contributed by atoms with Gasteiger partial charge in [0.25, 0.3) is 0 Å². The quantitative estimate of drug-likeness (QED) is 0.0858. The number of hydrogen-bond acceptors (Lipinski definition) is 8. The number of allylic oxidation sites excluding steroid dienone is 2. The van der Waals surface area contributed by atoms with Gasteiger partial charge < -0.3 is 35.3 Å². The Morgan fingerprint density at radius 2 is 1.60 bits per heavy atom. The van der Waals surface area contributed by atoms with Gasteiger partial charge in [0.05, 0.1) is 24.6 Å². The number of alkyl carbamates (subject to hydrolysis) is 1. The first-order valence-electron chi connectivity index (χ1n) is 18.1. The van der Waals surface area contributed by atoms with E-state index in [4.69, 9.17) is 14.2 Å². The Morgan fingerprint density at radius 1 is 0.885 bits per heavy atom. The monoisotopic (exact) mass is 713 g/mol. The maximum absolute atomic E-state index is 13.5. The molecule has 11 nitrogen and oxygen atoms in total. The van der Waals surface area contributed by atoms with E-state index in [0.717, 1.165) is 22.4 Å². The third-order valence-corrected chi connectivity index (χ3v) is 8.63. The van der Waals surface area contributed by atoms with Gasteiger partial charge in [0.1, 0.15) is 25.6 Å². The first-order chi connectivity index (χ1) is 25.4. The van der Waals surface area contributed by atoms with Gasteiger partial charge in [-0.1, -0.05) is 84.9 Å². The summed E-state index contributed by atoms with van der Waals surface area (Å²) in [6.45, 7) is 0.783. The molecule has 0 saturated heterocycles. The number of unbranched alkanes of at least 4 members (excludes halogenated alkanes) is 1. The maximum Gasteiger partial charge on any atom is 0.407 e. The van der Waals surface area contributed by atoms with Crippen molar-refractivity contribution in [2.45, 2.75) is 83.1 Å². The molecule has 0 fully saturated rings. The molecule has 3 aromatic carbocycles. The van der Waals surface area contributed by atoms with Crippen LogP contribution in [-0.2, 0) is 43.5 Å². The molecule has 0 spiro atoms. The standard InChI is InChI=1S/C41H51N3O8/c45-27-36(25-31-20-22-37(23-21-31)50-28-32-13-5-3-6-14-32)43-38(46)26-34-17-9-1-2-10-19-39(47)51-30-35(44-40(34)48)18-11-12-24-42-41(49)52-29-33-15-7-4-8-16-33/h1,3-9,13-16,20-23,34-36,45H,2,10-12,17-19,24-30H2,(H,42,49)(H,43,46)(H,44,48)/t34-,35+,36+/m1/s1. The fourth-order valence-electron chi connectivity index (χ4n) is 5.71. The molecule has 3 aromatic rings. The van der Waals surface area contributed by atoms with Crippen molar-refractivity contribution in [3.8, 4) is 5.75 Å². The van der Waals surface area contributed by atoms with Crippen molar-refractivity contribution in [3.05, 3.63) is 114 Å². The van der Waals surface area contributed by atoms with Gasteiger partial charge in [-0.05, 0) is 73.8 Å². The maximum atomic E-state index is 13.5. The zero-order valence-corrected chi connectivity index (χ0v) is 29.7. The van der Waals surface area contributed by atoms with Crippen LogP contribution in [0.1, 0.15) is 68.1 Å². The number of ether oxygens (including phenoxy) is 3. The molecular formula is C41H51N3O8. The van der Waals surface area contributed by atoms with Crippen LogP contribution in [0.3, 0.4) is 0 Å². The Bertz CT molecular complexity index is 1550. The minimum absolute atomic E-state index is 0.0200. The summed E-state index contributed by atoms with van der Waals surface area (Å²) in [5.41, 5.74) is 2.89. The van der Waals surface area contributed by atoms with Crippen molar-refractivity contribution in [2.75, 3.05) is 19.8 Å². The molecule has 0 aromatic heterocycles. The Morgan fingerprint density at radius 3 is 2.31 bits per heavy atom. The van der Waals surface area contributed by atoms with E-state index in [9.17, 15) is 24.3 Å². The molecule has 4 rings (SSSR count). The fraction of sp³-hybridized carbons (Fsp3) is 0.415. The van der Waals surface area contributed by atoms with Crippen LogP contribution >= 0.6 is 0 Å². The summed E-state index contributed by atoms with van der Waals surface area (Å²) in [7, 11) is 0. The van der Waals surface area contributed by atoms with Crippen LogP contribution < -0.4 is 20.7 Å². The normalized spacial score (nSPS) is 17.2. The number of carbonyl (C=O) groups excluding carboxylic acids is 4. The molecule has 0 bridgehead atoms. The third-order valence-electron chi connectivity index (χ3n) is 8.63. The van der Waals surface area contributed by atoms with Crippen LogP contribution in [0.25, 0.3) is 0 Å². The van der Waals surface area contributed by atoms with Gasteiger partial charge in [-0.2, -0.15) is 0 Å². The summed E-state index contributed by atoms with van der Waals surface area (Å²) in [6.07, 6.45) is 7.31. The van der Waals surface area contributed by atoms with Crippen LogP contribution in [0, 0.1) is 5.92 Å². The molecule has 0 unspecified atom stereocenters. The fourth-order valence-corrected chi connectivity index (χ4v) is 5.71. The van der Waals surface area contributed by atoms with Crippen molar-refractivity contribution in [1.29, 1.82) is 0 Å². The highest BCUT2D eigenvalue weighted by Gasteiger charge is 2.25. The molecule has 1 aliphatic heterocycles. The second-order valence-corrected chi connectivity index (χ2v) is 12.9. The lowest BCUT2D eigenvalue weighted by atomic mass is 9.97. The predicted molar refractivity (Wildman–Crippen MR) is 197 cm³/mol. The molecule has 1 aliphatic rings. The van der Waals surface area contributed by atoms with Crippen molar-refractivity contribution in [1.82, 2.24) is 16.0 Å². The zero-order chi connectivity index (χ0) is 36.8. The van der Waals surface area contributed by atoms with E-state index in [-0.39, 0.29) is 50.4 Å². The largest absolute Gasteiger partial charge is 0.489 e. The lowest BCUT2D eigenvalue weighted by Crippen LogP contribution is -2.44. The van der Waals surface area contributed by atoms with Gasteiger partial charge in [0.2, 0.25) is 11.8 Å². The number of carbonyl (C=O) groups is 4. The number of hydrogen-bond donors (Lipinski definition) is 4.